The van der Waals surface area contributed by atoms with Crippen molar-refractivity contribution in [1.29, 1.82) is 0 Å². The molecule has 3 aliphatic heterocycles. The molecule has 1 spiro atoms. The van der Waals surface area contributed by atoms with Crippen LogP contribution < -0.4 is 9.47 Å². The van der Waals surface area contributed by atoms with Crippen LogP contribution in [-0.2, 0) is 6.42 Å². The van der Waals surface area contributed by atoms with E-state index in [1.54, 1.807) is 0 Å². The largest absolute Gasteiger partial charge is 0.714 e. The first-order chi connectivity index (χ1) is 15.8. The highest BCUT2D eigenvalue weighted by Gasteiger charge is 2.66. The normalized spacial score (nSPS) is 19.5. The van der Waals surface area contributed by atoms with Crippen LogP contribution in [0, 0.1) is 0 Å². The molecule has 0 saturated carbocycles. The molecule has 32 heavy (non-hydrogen) atoms. The molecule has 4 aromatic carbocycles. The molecular weight excluding hydrogens is 396 g/mol. The summed E-state index contributed by atoms with van der Waals surface area (Å²) < 4.78 is 17.9. The summed E-state index contributed by atoms with van der Waals surface area (Å²) in [6.45, 7) is 0. The molecule has 4 aromatic rings. The van der Waals surface area contributed by atoms with E-state index in [9.17, 15) is 0 Å². The van der Waals surface area contributed by atoms with Gasteiger partial charge in [0, 0.05) is 36.2 Å². The molecule has 0 aliphatic carbocycles. The smallest absolute Gasteiger partial charge is 0.340 e. The maximum absolute atomic E-state index is 6.92. The van der Waals surface area contributed by atoms with Gasteiger partial charge in [0.05, 0.1) is 11.1 Å². The Balaban J connectivity index is 1.61. The molecule has 4 nitrogen and oxygen atoms in total. The SMILES string of the molecule is C1=[N+](c2ccccc2)[C@]23Oc4cc(ccc41)Cc1cccc(c1O2)C=[N+]3c1ccccc1. The summed E-state index contributed by atoms with van der Waals surface area (Å²) in [6, 6.07) is 32.0. The van der Waals surface area contributed by atoms with E-state index in [2.05, 4.69) is 82.2 Å². The minimum atomic E-state index is -1.23. The lowest BCUT2D eigenvalue weighted by atomic mass is 10.00. The molecule has 1 atom stereocenters. The Morgan fingerprint density at radius 1 is 0.625 bits per heavy atom. The van der Waals surface area contributed by atoms with Crippen LogP contribution in [0.4, 0.5) is 11.4 Å². The summed E-state index contributed by atoms with van der Waals surface area (Å²) in [4.78, 5) is 0. The maximum Gasteiger partial charge on any atom is 0.714 e. The summed E-state index contributed by atoms with van der Waals surface area (Å²) in [6.07, 6.45) is 5.06. The zero-order chi connectivity index (χ0) is 21.1. The molecule has 0 saturated heterocycles. The zero-order valence-electron chi connectivity index (χ0n) is 17.3. The molecule has 0 radical (unpaired) electrons. The number of hydrogen-bond acceptors (Lipinski definition) is 2. The average molecular weight is 416 g/mol. The molecule has 4 heteroatoms. The number of nitrogens with zero attached hydrogens (tertiary/aromatic N) is 2. The number of rotatable bonds is 2. The van der Waals surface area contributed by atoms with Crippen LogP contribution in [0.25, 0.3) is 0 Å². The second-order valence-corrected chi connectivity index (χ2v) is 8.31. The standard InChI is InChI=1S/C28H20N2O2/c1-3-10-24(11-4-1)29-18-22-15-14-20-16-21-8-7-9-23-19-30(25-12-5-2-6-13-25)28(29,32-27(21)23)31-26(22)17-20/h1-15,17-19H,16H2/q+2/t28-/m0/s1. The second-order valence-electron chi connectivity index (χ2n) is 8.31. The van der Waals surface area contributed by atoms with Crippen molar-refractivity contribution >= 4 is 23.8 Å². The number of hydrogen-bond donors (Lipinski definition) is 0. The monoisotopic (exact) mass is 416 g/mol. The quantitative estimate of drug-likeness (QED) is 0.419. The molecule has 3 aliphatic rings. The lowest BCUT2D eigenvalue weighted by Gasteiger charge is -2.31. The van der Waals surface area contributed by atoms with Gasteiger partial charge >= 0.3 is 6.03 Å². The van der Waals surface area contributed by atoms with E-state index in [1.165, 1.54) is 5.56 Å². The Morgan fingerprint density at radius 2 is 1.31 bits per heavy atom. The average Bonchev–Trinajstić information content (AvgIpc) is 2.86. The van der Waals surface area contributed by atoms with Crippen molar-refractivity contribution in [2.24, 2.45) is 0 Å². The summed E-state index contributed by atoms with van der Waals surface area (Å²) in [7, 11) is 0. The van der Waals surface area contributed by atoms with Gasteiger partial charge in [-0.25, -0.2) is 0 Å². The first-order valence-electron chi connectivity index (χ1n) is 10.8. The van der Waals surface area contributed by atoms with Crippen LogP contribution in [0.2, 0.25) is 0 Å². The van der Waals surface area contributed by atoms with E-state index in [1.807, 2.05) is 36.4 Å². The van der Waals surface area contributed by atoms with Crippen LogP contribution in [0.3, 0.4) is 0 Å². The fourth-order valence-corrected chi connectivity index (χ4v) is 4.78. The van der Waals surface area contributed by atoms with E-state index in [0.29, 0.717) is 0 Å². The van der Waals surface area contributed by atoms with Gasteiger partial charge in [0.25, 0.3) is 0 Å². The van der Waals surface area contributed by atoms with Gasteiger partial charge in [-0.15, -0.1) is 0 Å². The van der Waals surface area contributed by atoms with E-state index in [-0.39, 0.29) is 0 Å². The van der Waals surface area contributed by atoms with Crippen molar-refractivity contribution in [2.75, 3.05) is 0 Å². The molecule has 0 aromatic heterocycles. The van der Waals surface area contributed by atoms with Crippen molar-refractivity contribution in [3.63, 3.8) is 0 Å². The van der Waals surface area contributed by atoms with Crippen LogP contribution in [0.15, 0.2) is 97.1 Å². The van der Waals surface area contributed by atoms with Gasteiger partial charge in [-0.1, -0.05) is 63.7 Å². The van der Waals surface area contributed by atoms with E-state index >= 15 is 0 Å². The van der Waals surface area contributed by atoms with Crippen LogP contribution >= 0.6 is 0 Å². The van der Waals surface area contributed by atoms with Gasteiger partial charge in [-0.05, 0) is 23.8 Å². The first kappa shape index (κ1) is 17.5. The minimum absolute atomic E-state index is 0.792. The highest BCUT2D eigenvalue weighted by atomic mass is 16.7. The Hall–Kier alpha value is -4.18. The minimum Gasteiger partial charge on any atom is -0.340 e. The molecule has 0 unspecified atom stereocenters. The van der Waals surface area contributed by atoms with Crippen molar-refractivity contribution in [3.8, 4) is 11.5 Å². The van der Waals surface area contributed by atoms with Gasteiger partial charge in [0.15, 0.2) is 23.9 Å². The molecule has 0 amide bonds. The highest BCUT2D eigenvalue weighted by Crippen LogP contribution is 2.43. The number of fused-ring (bicyclic) bond motifs is 1. The molecule has 4 bridgehead atoms. The fourth-order valence-electron chi connectivity index (χ4n) is 4.78. The van der Waals surface area contributed by atoms with Crippen molar-refractivity contribution < 1.29 is 18.6 Å². The van der Waals surface area contributed by atoms with Gasteiger partial charge in [0.2, 0.25) is 11.4 Å². The van der Waals surface area contributed by atoms with E-state index in [0.717, 1.165) is 46.0 Å². The number of ether oxygens (including phenoxy) is 2. The maximum atomic E-state index is 6.92. The number of para-hydroxylation sites is 3. The van der Waals surface area contributed by atoms with Crippen molar-refractivity contribution in [1.82, 2.24) is 0 Å². The van der Waals surface area contributed by atoms with Crippen LogP contribution in [0.5, 0.6) is 11.5 Å². The lowest BCUT2D eigenvalue weighted by Crippen LogP contribution is -2.61. The third kappa shape index (κ3) is 2.44. The summed E-state index contributed by atoms with van der Waals surface area (Å²) >= 11 is 0. The lowest BCUT2D eigenvalue weighted by molar-refractivity contribution is -0.855. The zero-order valence-corrected chi connectivity index (χ0v) is 17.3. The first-order valence-corrected chi connectivity index (χ1v) is 10.8. The van der Waals surface area contributed by atoms with Crippen molar-refractivity contribution in [2.45, 2.75) is 12.5 Å². The fraction of sp³-hybridized carbons (Fsp3) is 0.0714. The third-order valence-electron chi connectivity index (χ3n) is 6.29. The summed E-state index contributed by atoms with van der Waals surface area (Å²) in [5, 5.41) is 0. The molecule has 152 valence electrons. The highest BCUT2D eigenvalue weighted by molar-refractivity contribution is 5.84. The Morgan fingerprint density at radius 3 is 2.03 bits per heavy atom. The third-order valence-corrected chi connectivity index (χ3v) is 6.29. The van der Waals surface area contributed by atoms with Crippen molar-refractivity contribution in [3.05, 3.63) is 119 Å². The Labute approximate surface area is 185 Å². The molecule has 3 heterocycles. The Bertz CT molecular complexity index is 1440. The molecule has 0 fully saturated rings. The van der Waals surface area contributed by atoms with Gasteiger partial charge < -0.3 is 9.47 Å². The van der Waals surface area contributed by atoms with E-state index < -0.39 is 6.03 Å². The summed E-state index contributed by atoms with van der Waals surface area (Å²) in [5.41, 5.74) is 6.38. The van der Waals surface area contributed by atoms with Crippen LogP contribution in [-0.4, -0.2) is 27.6 Å². The second kappa shape index (κ2) is 6.41. The van der Waals surface area contributed by atoms with Gasteiger partial charge in [0.1, 0.15) is 0 Å². The molecular formula is C28H20N2O2+2. The summed E-state index contributed by atoms with van der Waals surface area (Å²) in [5.74, 6) is 1.68. The molecule has 0 N–H and O–H groups in total. The predicted octanol–water partition coefficient (Wildman–Crippen LogP) is 5.21. The predicted molar refractivity (Wildman–Crippen MR) is 123 cm³/mol. The Kier molecular flexibility index (Phi) is 3.50. The topological polar surface area (TPSA) is 24.5 Å². The molecule has 7 rings (SSSR count). The van der Waals surface area contributed by atoms with Gasteiger partial charge in [-0.2, -0.15) is 0 Å². The number of benzene rings is 4. The van der Waals surface area contributed by atoms with Crippen LogP contribution in [0.1, 0.15) is 22.3 Å². The van der Waals surface area contributed by atoms with Gasteiger partial charge in [-0.3, -0.25) is 0 Å². The van der Waals surface area contributed by atoms with E-state index in [4.69, 9.17) is 9.47 Å².